The first-order valence-electron chi connectivity index (χ1n) is 9.16. The zero-order valence-corrected chi connectivity index (χ0v) is 16.1. The summed E-state index contributed by atoms with van der Waals surface area (Å²) in [6.07, 6.45) is -1.19. The lowest BCUT2D eigenvalue weighted by Crippen LogP contribution is -2.52. The third kappa shape index (κ3) is 9.15. The summed E-state index contributed by atoms with van der Waals surface area (Å²) in [5, 5.41) is 31.6. The van der Waals surface area contributed by atoms with Crippen molar-refractivity contribution in [2.45, 2.75) is 50.2 Å². The fourth-order valence-electron chi connectivity index (χ4n) is 2.54. The van der Waals surface area contributed by atoms with E-state index in [9.17, 15) is 29.1 Å². The molecule has 0 aliphatic heterocycles. The van der Waals surface area contributed by atoms with Crippen LogP contribution < -0.4 is 16.4 Å². The highest BCUT2D eigenvalue weighted by Crippen LogP contribution is 2.06. The van der Waals surface area contributed by atoms with Crippen molar-refractivity contribution >= 4 is 29.7 Å². The Balaban J connectivity index is 2.79. The number of aliphatic carboxylic acids is 3. The molecule has 0 fully saturated rings. The number of benzene rings is 1. The van der Waals surface area contributed by atoms with Crippen molar-refractivity contribution in [3.05, 3.63) is 35.9 Å². The molecular weight excluding hydrogens is 398 g/mol. The summed E-state index contributed by atoms with van der Waals surface area (Å²) in [5.41, 5.74) is 5.99. The first kappa shape index (κ1) is 24.6. The van der Waals surface area contributed by atoms with Crippen LogP contribution >= 0.6 is 0 Å². The lowest BCUT2D eigenvalue weighted by molar-refractivity contribution is -0.143. The smallest absolute Gasteiger partial charge is 0.326 e. The number of nitrogens with two attached hydrogens (primary N) is 1. The Morgan fingerprint density at radius 2 is 1.47 bits per heavy atom. The molecule has 0 aliphatic carbocycles. The zero-order valence-electron chi connectivity index (χ0n) is 16.1. The van der Waals surface area contributed by atoms with Crippen LogP contribution in [0.5, 0.6) is 0 Å². The quantitative estimate of drug-likeness (QED) is 0.238. The maximum Gasteiger partial charge on any atom is 0.326 e. The lowest BCUT2D eigenvalue weighted by Gasteiger charge is -2.21. The number of amides is 2. The molecule has 164 valence electrons. The van der Waals surface area contributed by atoms with Crippen LogP contribution in [-0.4, -0.2) is 63.2 Å². The molecule has 0 radical (unpaired) electrons. The number of carboxylic acid groups (broad SMARTS) is 3. The molecule has 0 aliphatic rings. The van der Waals surface area contributed by atoms with Gasteiger partial charge in [0.15, 0.2) is 0 Å². The van der Waals surface area contributed by atoms with Crippen molar-refractivity contribution in [2.75, 3.05) is 0 Å². The number of nitrogens with one attached hydrogen (secondary N) is 2. The molecule has 11 nitrogen and oxygen atoms in total. The number of carbonyl (C=O) groups excluding carboxylic acids is 2. The van der Waals surface area contributed by atoms with Gasteiger partial charge in [-0.25, -0.2) is 4.79 Å². The molecule has 0 heterocycles. The van der Waals surface area contributed by atoms with E-state index >= 15 is 0 Å². The van der Waals surface area contributed by atoms with Gasteiger partial charge in [0.05, 0.1) is 0 Å². The van der Waals surface area contributed by atoms with Gasteiger partial charge in [0.2, 0.25) is 11.8 Å². The van der Waals surface area contributed by atoms with E-state index in [2.05, 4.69) is 10.6 Å². The molecule has 7 N–H and O–H groups in total. The van der Waals surface area contributed by atoms with Gasteiger partial charge in [-0.3, -0.25) is 19.2 Å². The third-order valence-corrected chi connectivity index (χ3v) is 4.20. The van der Waals surface area contributed by atoms with E-state index < -0.39 is 54.3 Å². The number of hydrogen-bond donors (Lipinski definition) is 6. The SMILES string of the molecule is N[C@@H](CCC(=O)N[C@@H](CCC(=O)O)C(=O)N[C@@H](Cc1ccccc1)C(=O)O)C(=O)O. The monoisotopic (exact) mass is 423 g/mol. The first-order chi connectivity index (χ1) is 14.1. The molecule has 0 aromatic heterocycles. The molecule has 1 aromatic rings. The second-order valence-corrected chi connectivity index (χ2v) is 6.63. The molecule has 0 saturated heterocycles. The Hall–Kier alpha value is -3.47. The van der Waals surface area contributed by atoms with Crippen molar-refractivity contribution in [1.29, 1.82) is 0 Å². The van der Waals surface area contributed by atoms with Crippen LogP contribution in [0.4, 0.5) is 0 Å². The van der Waals surface area contributed by atoms with Crippen LogP contribution in [0, 0.1) is 0 Å². The predicted molar refractivity (Wildman–Crippen MR) is 103 cm³/mol. The van der Waals surface area contributed by atoms with Crippen LogP contribution in [0.2, 0.25) is 0 Å². The average molecular weight is 423 g/mol. The minimum atomic E-state index is -1.30. The molecule has 11 heteroatoms. The van der Waals surface area contributed by atoms with E-state index in [-0.39, 0.29) is 25.7 Å². The Bertz CT molecular complexity index is 768. The summed E-state index contributed by atoms with van der Waals surface area (Å²) < 4.78 is 0. The Morgan fingerprint density at radius 3 is 2.00 bits per heavy atom. The van der Waals surface area contributed by atoms with E-state index in [1.165, 1.54) is 0 Å². The number of rotatable bonds is 13. The van der Waals surface area contributed by atoms with Crippen molar-refractivity contribution in [1.82, 2.24) is 10.6 Å². The number of hydrogen-bond acceptors (Lipinski definition) is 6. The fourth-order valence-corrected chi connectivity index (χ4v) is 2.54. The predicted octanol–water partition coefficient (Wildman–Crippen LogP) is -0.660. The molecule has 30 heavy (non-hydrogen) atoms. The minimum absolute atomic E-state index is 0.00498. The molecule has 0 spiro atoms. The Morgan fingerprint density at radius 1 is 0.833 bits per heavy atom. The summed E-state index contributed by atoms with van der Waals surface area (Å²) in [5.74, 6) is -5.33. The van der Waals surface area contributed by atoms with Crippen LogP contribution in [0.1, 0.15) is 31.2 Å². The minimum Gasteiger partial charge on any atom is -0.481 e. The van der Waals surface area contributed by atoms with Gasteiger partial charge in [-0.15, -0.1) is 0 Å². The van der Waals surface area contributed by atoms with E-state index in [1.54, 1.807) is 30.3 Å². The van der Waals surface area contributed by atoms with Crippen LogP contribution in [0.25, 0.3) is 0 Å². The molecule has 0 bridgehead atoms. The largest absolute Gasteiger partial charge is 0.481 e. The van der Waals surface area contributed by atoms with Gasteiger partial charge in [-0.1, -0.05) is 30.3 Å². The van der Waals surface area contributed by atoms with Crippen molar-refractivity contribution < 1.29 is 39.3 Å². The Labute approximate surface area is 172 Å². The molecule has 0 unspecified atom stereocenters. The highest BCUT2D eigenvalue weighted by molar-refractivity contribution is 5.91. The Kier molecular flexibility index (Phi) is 9.97. The van der Waals surface area contributed by atoms with Crippen LogP contribution in [0.3, 0.4) is 0 Å². The van der Waals surface area contributed by atoms with Gasteiger partial charge in [-0.05, 0) is 18.4 Å². The normalized spacial score (nSPS) is 13.5. The molecule has 1 aromatic carbocycles. The maximum atomic E-state index is 12.5. The molecule has 1 rings (SSSR count). The van der Waals surface area contributed by atoms with Crippen LogP contribution in [0.15, 0.2) is 30.3 Å². The number of carbonyl (C=O) groups is 5. The summed E-state index contributed by atoms with van der Waals surface area (Å²) in [6.45, 7) is 0. The lowest BCUT2D eigenvalue weighted by atomic mass is 10.0. The van der Waals surface area contributed by atoms with E-state index in [0.717, 1.165) is 0 Å². The molecule has 0 saturated carbocycles. The van der Waals surface area contributed by atoms with Crippen molar-refractivity contribution in [2.24, 2.45) is 5.73 Å². The second kappa shape index (κ2) is 12.2. The van der Waals surface area contributed by atoms with Gasteiger partial charge >= 0.3 is 17.9 Å². The van der Waals surface area contributed by atoms with Gasteiger partial charge < -0.3 is 31.7 Å². The number of carboxylic acids is 3. The summed E-state index contributed by atoms with van der Waals surface area (Å²) in [4.78, 5) is 57.7. The molecule has 3 atom stereocenters. The molecule has 2 amide bonds. The van der Waals surface area contributed by atoms with Gasteiger partial charge in [0, 0.05) is 19.3 Å². The third-order valence-electron chi connectivity index (χ3n) is 4.20. The average Bonchev–Trinajstić information content (AvgIpc) is 2.68. The van der Waals surface area contributed by atoms with Crippen molar-refractivity contribution in [3.63, 3.8) is 0 Å². The summed E-state index contributed by atoms with van der Waals surface area (Å²) in [6, 6.07) is 4.73. The van der Waals surface area contributed by atoms with Crippen molar-refractivity contribution in [3.8, 4) is 0 Å². The topological polar surface area (TPSA) is 196 Å². The first-order valence-corrected chi connectivity index (χ1v) is 9.16. The molecular formula is C19H25N3O8. The van der Waals surface area contributed by atoms with Gasteiger partial charge in [0.25, 0.3) is 0 Å². The van der Waals surface area contributed by atoms with E-state index in [4.69, 9.17) is 15.9 Å². The summed E-state index contributed by atoms with van der Waals surface area (Å²) >= 11 is 0. The highest BCUT2D eigenvalue weighted by Gasteiger charge is 2.27. The van der Waals surface area contributed by atoms with Crippen LogP contribution in [-0.2, 0) is 30.4 Å². The highest BCUT2D eigenvalue weighted by atomic mass is 16.4. The maximum absolute atomic E-state index is 12.5. The fraction of sp³-hybridized carbons (Fsp3) is 0.421. The standard InChI is InChI=1S/C19H25N3O8/c20-12(18(27)28)6-8-15(23)21-13(7-9-16(24)25)17(26)22-14(19(29)30)10-11-4-2-1-3-5-11/h1-5,12-14H,6-10,20H2,(H,21,23)(H,22,26)(H,24,25)(H,27,28)(H,29,30)/t12-,13-,14-/m0/s1. The van der Waals surface area contributed by atoms with Gasteiger partial charge in [-0.2, -0.15) is 0 Å². The zero-order chi connectivity index (χ0) is 22.7. The van der Waals surface area contributed by atoms with E-state index in [1.807, 2.05) is 0 Å². The van der Waals surface area contributed by atoms with E-state index in [0.29, 0.717) is 5.56 Å². The van der Waals surface area contributed by atoms with Gasteiger partial charge in [0.1, 0.15) is 18.1 Å². The second-order valence-electron chi connectivity index (χ2n) is 6.63. The summed E-state index contributed by atoms with van der Waals surface area (Å²) in [7, 11) is 0.